The van der Waals surface area contributed by atoms with Gasteiger partial charge >= 0.3 is 17.8 Å². The molecule has 0 amide bonds. The number of hydrogen-bond acceptors (Lipinski definition) is 7. The van der Waals surface area contributed by atoms with E-state index in [2.05, 4.69) is 5.32 Å². The summed E-state index contributed by atoms with van der Waals surface area (Å²) in [6, 6.07) is 0. The summed E-state index contributed by atoms with van der Waals surface area (Å²) in [6.45, 7) is 0.938. The zero-order chi connectivity index (χ0) is 12.7. The van der Waals surface area contributed by atoms with E-state index in [1.807, 2.05) is 0 Å². The molecule has 5 N–H and O–H groups in total. The Morgan fingerprint density at radius 2 is 1.71 bits per heavy atom. The first-order valence-corrected chi connectivity index (χ1v) is 5.69. The second kappa shape index (κ2) is 6.53. The molecule has 0 bridgehead atoms. The second-order valence-corrected chi connectivity index (χ2v) is 3.93. The SMILES string of the molecule is NCCNCC1(N)OC(=O)CCCCC(=O)O1. The van der Waals surface area contributed by atoms with Gasteiger partial charge < -0.3 is 20.5 Å². The van der Waals surface area contributed by atoms with Crippen molar-refractivity contribution in [2.45, 2.75) is 31.6 Å². The molecule has 1 heterocycles. The number of nitrogens with one attached hydrogen (secondary N) is 1. The molecule has 1 rings (SSSR count). The van der Waals surface area contributed by atoms with Gasteiger partial charge in [0.25, 0.3) is 0 Å². The molecule has 0 spiro atoms. The van der Waals surface area contributed by atoms with Crippen molar-refractivity contribution in [3.05, 3.63) is 0 Å². The molecule has 1 fully saturated rings. The van der Waals surface area contributed by atoms with Crippen LogP contribution in [-0.4, -0.2) is 37.5 Å². The van der Waals surface area contributed by atoms with Crippen molar-refractivity contribution >= 4 is 11.9 Å². The lowest BCUT2D eigenvalue weighted by Gasteiger charge is -2.28. The van der Waals surface area contributed by atoms with Gasteiger partial charge in [-0.25, -0.2) is 0 Å². The molecule has 0 saturated carbocycles. The van der Waals surface area contributed by atoms with Crippen LogP contribution in [0.5, 0.6) is 0 Å². The average Bonchev–Trinajstić information content (AvgIpc) is 2.29. The minimum atomic E-state index is -1.73. The second-order valence-electron chi connectivity index (χ2n) is 3.93. The monoisotopic (exact) mass is 245 g/mol. The van der Waals surface area contributed by atoms with Gasteiger partial charge in [-0.2, -0.15) is 0 Å². The van der Waals surface area contributed by atoms with E-state index in [0.717, 1.165) is 0 Å². The highest BCUT2D eigenvalue weighted by Gasteiger charge is 2.34. The summed E-state index contributed by atoms with van der Waals surface area (Å²) in [7, 11) is 0. The summed E-state index contributed by atoms with van der Waals surface area (Å²) in [5.74, 6) is -2.65. The number of esters is 2. The maximum Gasteiger partial charge on any atom is 0.328 e. The molecule has 0 aromatic carbocycles. The number of carbonyl (C=O) groups excluding carboxylic acids is 2. The minimum absolute atomic E-state index is 0.0294. The third-order valence-corrected chi connectivity index (χ3v) is 2.28. The largest absolute Gasteiger partial charge is 0.407 e. The fraction of sp³-hybridized carbons (Fsp3) is 0.800. The number of hydrogen-bond donors (Lipinski definition) is 3. The molecule has 17 heavy (non-hydrogen) atoms. The summed E-state index contributed by atoms with van der Waals surface area (Å²) in [4.78, 5) is 22.8. The molecule has 0 aromatic rings. The van der Waals surface area contributed by atoms with Crippen LogP contribution >= 0.6 is 0 Å². The predicted octanol–water partition coefficient (Wildman–Crippen LogP) is -1.19. The van der Waals surface area contributed by atoms with Crippen molar-refractivity contribution < 1.29 is 19.1 Å². The Labute approximate surface area is 99.8 Å². The van der Waals surface area contributed by atoms with Crippen LogP contribution in [0, 0.1) is 0 Å². The Kier molecular flexibility index (Phi) is 5.33. The van der Waals surface area contributed by atoms with E-state index in [9.17, 15) is 9.59 Å². The molecule has 0 radical (unpaired) electrons. The van der Waals surface area contributed by atoms with Crippen LogP contribution in [0.1, 0.15) is 25.7 Å². The fourth-order valence-electron chi connectivity index (χ4n) is 1.48. The fourth-order valence-corrected chi connectivity index (χ4v) is 1.48. The molecule has 0 aromatic heterocycles. The maximum atomic E-state index is 11.4. The van der Waals surface area contributed by atoms with Crippen molar-refractivity contribution in [1.29, 1.82) is 0 Å². The molecule has 1 aliphatic rings. The Morgan fingerprint density at radius 1 is 1.18 bits per heavy atom. The van der Waals surface area contributed by atoms with E-state index in [4.69, 9.17) is 20.9 Å². The van der Waals surface area contributed by atoms with Gasteiger partial charge in [0, 0.05) is 25.9 Å². The Bertz CT molecular complexity index is 263. The predicted molar refractivity (Wildman–Crippen MR) is 59.5 cm³/mol. The first kappa shape index (κ1) is 13.9. The van der Waals surface area contributed by atoms with Gasteiger partial charge in [-0.15, -0.1) is 0 Å². The first-order chi connectivity index (χ1) is 8.06. The van der Waals surface area contributed by atoms with Crippen LogP contribution in [0.3, 0.4) is 0 Å². The van der Waals surface area contributed by atoms with Crippen LogP contribution in [-0.2, 0) is 19.1 Å². The molecule has 1 saturated heterocycles. The van der Waals surface area contributed by atoms with Crippen molar-refractivity contribution in [3.63, 3.8) is 0 Å². The third kappa shape index (κ3) is 5.12. The van der Waals surface area contributed by atoms with Crippen LogP contribution in [0.4, 0.5) is 0 Å². The smallest absolute Gasteiger partial charge is 0.328 e. The molecule has 0 unspecified atom stereocenters. The lowest BCUT2D eigenvalue weighted by Crippen LogP contribution is -2.55. The molecule has 0 atom stereocenters. The van der Waals surface area contributed by atoms with Crippen LogP contribution < -0.4 is 16.8 Å². The van der Waals surface area contributed by atoms with Gasteiger partial charge in [0.2, 0.25) is 0 Å². The molecule has 7 heteroatoms. The minimum Gasteiger partial charge on any atom is -0.407 e. The van der Waals surface area contributed by atoms with E-state index >= 15 is 0 Å². The lowest BCUT2D eigenvalue weighted by atomic mass is 10.2. The van der Waals surface area contributed by atoms with Gasteiger partial charge in [0.1, 0.15) is 0 Å². The maximum absolute atomic E-state index is 11.4. The summed E-state index contributed by atoms with van der Waals surface area (Å²) in [6.07, 6.45) is 1.68. The summed E-state index contributed by atoms with van der Waals surface area (Å²) < 4.78 is 9.94. The Hall–Kier alpha value is -1.18. The molecule has 98 valence electrons. The van der Waals surface area contributed by atoms with Crippen molar-refractivity contribution in [2.24, 2.45) is 11.5 Å². The highest BCUT2D eigenvalue weighted by atomic mass is 16.7. The lowest BCUT2D eigenvalue weighted by molar-refractivity contribution is -0.224. The summed E-state index contributed by atoms with van der Waals surface area (Å²) in [5, 5.41) is 2.85. The van der Waals surface area contributed by atoms with Gasteiger partial charge in [0.05, 0.1) is 6.54 Å². The van der Waals surface area contributed by atoms with E-state index in [-0.39, 0.29) is 19.4 Å². The van der Waals surface area contributed by atoms with Crippen molar-refractivity contribution in [2.75, 3.05) is 19.6 Å². The first-order valence-electron chi connectivity index (χ1n) is 5.69. The number of cyclic esters (lactones) is 2. The van der Waals surface area contributed by atoms with Gasteiger partial charge in [0.15, 0.2) is 0 Å². The van der Waals surface area contributed by atoms with Gasteiger partial charge in [-0.3, -0.25) is 15.3 Å². The normalized spacial score (nSPS) is 20.8. The average molecular weight is 245 g/mol. The highest BCUT2D eigenvalue weighted by molar-refractivity contribution is 5.73. The van der Waals surface area contributed by atoms with Gasteiger partial charge in [-0.05, 0) is 12.8 Å². The van der Waals surface area contributed by atoms with Crippen LogP contribution in [0.25, 0.3) is 0 Å². The zero-order valence-electron chi connectivity index (χ0n) is 9.74. The third-order valence-electron chi connectivity index (χ3n) is 2.28. The Balaban J connectivity index is 2.61. The van der Waals surface area contributed by atoms with E-state index in [0.29, 0.717) is 25.9 Å². The summed E-state index contributed by atoms with van der Waals surface area (Å²) in [5.41, 5.74) is 11.0. The van der Waals surface area contributed by atoms with E-state index in [1.54, 1.807) is 0 Å². The van der Waals surface area contributed by atoms with E-state index < -0.39 is 17.8 Å². The van der Waals surface area contributed by atoms with Crippen molar-refractivity contribution in [3.8, 4) is 0 Å². The quantitative estimate of drug-likeness (QED) is 0.421. The summed E-state index contributed by atoms with van der Waals surface area (Å²) >= 11 is 0. The van der Waals surface area contributed by atoms with Crippen LogP contribution in [0.2, 0.25) is 0 Å². The number of rotatable bonds is 4. The highest BCUT2D eigenvalue weighted by Crippen LogP contribution is 2.14. The standard InChI is InChI=1S/C10H19N3O4/c11-5-6-13-7-10(12)16-8(14)3-1-2-4-9(15)17-10/h13H,1-7,11-12H2. The van der Waals surface area contributed by atoms with Crippen LogP contribution in [0.15, 0.2) is 0 Å². The van der Waals surface area contributed by atoms with E-state index in [1.165, 1.54) is 0 Å². The number of ether oxygens (including phenoxy) is 2. The molecule has 0 aliphatic carbocycles. The van der Waals surface area contributed by atoms with Gasteiger partial charge in [-0.1, -0.05) is 0 Å². The Morgan fingerprint density at radius 3 is 2.18 bits per heavy atom. The molecule has 7 nitrogen and oxygen atoms in total. The topological polar surface area (TPSA) is 117 Å². The molecular formula is C10H19N3O4. The van der Waals surface area contributed by atoms with Crippen molar-refractivity contribution in [1.82, 2.24) is 5.32 Å². The zero-order valence-corrected chi connectivity index (χ0v) is 9.74. The molecular weight excluding hydrogens is 226 g/mol. The number of carbonyl (C=O) groups is 2. The number of nitrogens with two attached hydrogens (primary N) is 2. The molecule has 1 aliphatic heterocycles.